The van der Waals surface area contributed by atoms with Gasteiger partial charge in [-0.1, -0.05) is 11.6 Å². The Labute approximate surface area is 167 Å². The Morgan fingerprint density at radius 3 is 2.72 bits per heavy atom. The van der Waals surface area contributed by atoms with Crippen LogP contribution in [0.4, 0.5) is 13.2 Å². The van der Waals surface area contributed by atoms with Crippen LogP contribution in [0.15, 0.2) is 46.2 Å². The zero-order chi connectivity index (χ0) is 20.9. The lowest BCUT2D eigenvalue weighted by molar-refractivity contribution is -0.137. The number of aromatic nitrogens is 2. The van der Waals surface area contributed by atoms with E-state index in [1.165, 1.54) is 12.1 Å². The van der Waals surface area contributed by atoms with Crippen molar-refractivity contribution in [2.75, 3.05) is 0 Å². The van der Waals surface area contributed by atoms with Crippen molar-refractivity contribution in [1.29, 1.82) is 5.26 Å². The molecule has 0 radical (unpaired) electrons. The Hall–Kier alpha value is -3.38. The maximum absolute atomic E-state index is 13.2. The Kier molecular flexibility index (Phi) is 4.31. The van der Waals surface area contributed by atoms with E-state index in [1.54, 1.807) is 13.0 Å². The molecule has 2 aromatic heterocycles. The molecule has 0 amide bonds. The van der Waals surface area contributed by atoms with Crippen molar-refractivity contribution in [3.8, 4) is 23.3 Å². The van der Waals surface area contributed by atoms with Crippen molar-refractivity contribution < 1.29 is 22.3 Å². The highest BCUT2D eigenvalue weighted by molar-refractivity contribution is 6.31. The maximum Gasteiger partial charge on any atom is 0.417 e. The Bertz CT molecular complexity index is 1190. The highest BCUT2D eigenvalue weighted by Crippen LogP contribution is 2.44. The monoisotopic (exact) mass is 420 g/mol. The van der Waals surface area contributed by atoms with Crippen molar-refractivity contribution in [3.63, 3.8) is 0 Å². The van der Waals surface area contributed by atoms with Crippen LogP contribution in [-0.2, 0) is 6.18 Å². The lowest BCUT2D eigenvalue weighted by Gasteiger charge is -2.21. The van der Waals surface area contributed by atoms with Gasteiger partial charge in [0.05, 0.1) is 22.1 Å². The molecule has 1 aliphatic heterocycles. The number of allylic oxidation sites excluding steroid dienone is 1. The molecule has 1 aromatic carbocycles. The van der Waals surface area contributed by atoms with E-state index in [2.05, 4.69) is 10.2 Å². The maximum atomic E-state index is 13.2. The number of hydrogen-bond acceptors (Lipinski definition) is 5. The van der Waals surface area contributed by atoms with Crippen LogP contribution < -0.4 is 10.5 Å². The van der Waals surface area contributed by atoms with E-state index in [-0.39, 0.29) is 28.7 Å². The molecular weight excluding hydrogens is 409 g/mol. The number of benzene rings is 1. The molecule has 3 aromatic rings. The van der Waals surface area contributed by atoms with Gasteiger partial charge in [-0.15, -0.1) is 5.10 Å². The van der Waals surface area contributed by atoms with Gasteiger partial charge >= 0.3 is 6.18 Å². The molecule has 1 atom stereocenters. The number of nitrogens with one attached hydrogen (secondary N) is 1. The fourth-order valence-corrected chi connectivity index (χ4v) is 3.47. The average molecular weight is 421 g/mol. The number of H-pyrrole nitrogens is 1. The first-order chi connectivity index (χ1) is 13.7. The van der Waals surface area contributed by atoms with Gasteiger partial charge in [-0.3, -0.25) is 5.10 Å². The summed E-state index contributed by atoms with van der Waals surface area (Å²) in [7, 11) is 0. The van der Waals surface area contributed by atoms with Gasteiger partial charge in [0.1, 0.15) is 23.2 Å². The number of ether oxygens (including phenoxy) is 1. The fourth-order valence-electron chi connectivity index (χ4n) is 3.24. The minimum Gasteiger partial charge on any atom is -0.460 e. The minimum atomic E-state index is -4.60. The highest BCUT2D eigenvalue weighted by Gasteiger charge is 2.37. The van der Waals surface area contributed by atoms with E-state index < -0.39 is 22.7 Å². The van der Waals surface area contributed by atoms with Crippen molar-refractivity contribution in [2.45, 2.75) is 19.0 Å². The zero-order valence-corrected chi connectivity index (χ0v) is 15.5. The molecule has 3 heterocycles. The summed E-state index contributed by atoms with van der Waals surface area (Å²) in [5.41, 5.74) is 6.42. The van der Waals surface area contributed by atoms with E-state index >= 15 is 0 Å². The Balaban J connectivity index is 1.81. The highest BCUT2D eigenvalue weighted by atomic mass is 35.5. The van der Waals surface area contributed by atoms with Gasteiger partial charge in [0, 0.05) is 11.3 Å². The van der Waals surface area contributed by atoms with Crippen LogP contribution in [0.5, 0.6) is 5.88 Å². The third-order valence-electron chi connectivity index (χ3n) is 4.60. The summed E-state index contributed by atoms with van der Waals surface area (Å²) < 4.78 is 50.7. The van der Waals surface area contributed by atoms with Crippen LogP contribution in [0.2, 0.25) is 5.02 Å². The number of halogens is 4. The van der Waals surface area contributed by atoms with Gasteiger partial charge < -0.3 is 14.9 Å². The average Bonchev–Trinajstić information content (AvgIpc) is 3.27. The van der Waals surface area contributed by atoms with Gasteiger partial charge in [0.25, 0.3) is 0 Å². The lowest BCUT2D eigenvalue weighted by Crippen LogP contribution is -2.20. The van der Waals surface area contributed by atoms with E-state index in [0.29, 0.717) is 17.0 Å². The van der Waals surface area contributed by atoms with Crippen LogP contribution in [0, 0.1) is 18.3 Å². The van der Waals surface area contributed by atoms with Gasteiger partial charge in [-0.05, 0) is 37.3 Å². The van der Waals surface area contributed by atoms with Gasteiger partial charge in [-0.2, -0.15) is 18.4 Å². The first-order valence-electron chi connectivity index (χ1n) is 8.30. The SMILES string of the molecule is Cc1[nH]nc2c1[C@H](c1ccc(-c3ccc(Cl)c(C(F)(F)F)c3)o1)C(C#N)=C(N)O2. The van der Waals surface area contributed by atoms with E-state index in [0.717, 1.165) is 12.1 Å². The first kappa shape index (κ1) is 19.0. The lowest BCUT2D eigenvalue weighted by atomic mass is 9.88. The number of fused-ring (bicyclic) bond motifs is 1. The molecule has 0 spiro atoms. The molecule has 10 heteroatoms. The van der Waals surface area contributed by atoms with Gasteiger partial charge in [0.2, 0.25) is 11.8 Å². The summed E-state index contributed by atoms with van der Waals surface area (Å²) in [5.74, 6) is -0.0944. The summed E-state index contributed by atoms with van der Waals surface area (Å²) in [5, 5.41) is 15.9. The van der Waals surface area contributed by atoms with E-state index in [9.17, 15) is 18.4 Å². The van der Waals surface area contributed by atoms with Crippen LogP contribution in [-0.4, -0.2) is 10.2 Å². The van der Waals surface area contributed by atoms with E-state index in [4.69, 9.17) is 26.5 Å². The fraction of sp³-hybridized carbons (Fsp3) is 0.158. The Morgan fingerprint density at radius 2 is 2.03 bits per heavy atom. The third-order valence-corrected chi connectivity index (χ3v) is 4.93. The van der Waals surface area contributed by atoms with Crippen LogP contribution in [0.3, 0.4) is 0 Å². The summed E-state index contributed by atoms with van der Waals surface area (Å²) in [6, 6.07) is 8.61. The molecule has 29 heavy (non-hydrogen) atoms. The van der Waals surface area contributed by atoms with Crippen LogP contribution in [0.25, 0.3) is 11.3 Å². The Morgan fingerprint density at radius 1 is 1.28 bits per heavy atom. The molecule has 0 aliphatic carbocycles. The second-order valence-corrected chi connectivity index (χ2v) is 6.79. The summed E-state index contributed by atoms with van der Waals surface area (Å²) in [6.07, 6.45) is -4.60. The van der Waals surface area contributed by atoms with Crippen molar-refractivity contribution >= 4 is 11.6 Å². The number of alkyl halides is 3. The largest absolute Gasteiger partial charge is 0.460 e. The molecule has 0 fully saturated rings. The van der Waals surface area contributed by atoms with Gasteiger partial charge in [0.15, 0.2) is 0 Å². The van der Waals surface area contributed by atoms with Crippen molar-refractivity contribution in [2.24, 2.45) is 5.73 Å². The van der Waals surface area contributed by atoms with Crippen LogP contribution >= 0.6 is 11.6 Å². The predicted octanol–water partition coefficient (Wildman–Crippen LogP) is 4.87. The van der Waals surface area contributed by atoms with Crippen molar-refractivity contribution in [1.82, 2.24) is 10.2 Å². The summed E-state index contributed by atoms with van der Waals surface area (Å²) >= 11 is 5.68. The smallest absolute Gasteiger partial charge is 0.417 e. The number of nitrogens with two attached hydrogens (primary N) is 1. The van der Waals surface area contributed by atoms with Crippen molar-refractivity contribution in [3.05, 3.63) is 69.4 Å². The topological polar surface area (TPSA) is 101 Å². The molecule has 1 aliphatic rings. The molecule has 0 unspecified atom stereocenters. The number of aryl methyl sites for hydroxylation is 1. The summed E-state index contributed by atoms with van der Waals surface area (Å²) in [4.78, 5) is 0. The third kappa shape index (κ3) is 3.11. The summed E-state index contributed by atoms with van der Waals surface area (Å²) in [6.45, 7) is 1.75. The number of hydrogen-bond donors (Lipinski definition) is 2. The number of nitriles is 1. The molecule has 148 valence electrons. The first-order valence-corrected chi connectivity index (χ1v) is 8.67. The van der Waals surface area contributed by atoms with E-state index in [1.807, 2.05) is 6.07 Å². The zero-order valence-electron chi connectivity index (χ0n) is 14.8. The number of nitrogens with zero attached hydrogens (tertiary/aromatic N) is 2. The number of aromatic amines is 1. The molecule has 0 saturated carbocycles. The molecule has 6 nitrogen and oxygen atoms in total. The molecule has 0 saturated heterocycles. The second kappa shape index (κ2) is 6.60. The predicted molar refractivity (Wildman–Crippen MR) is 96.8 cm³/mol. The standard InChI is InChI=1S/C19H12ClF3N4O2/c1-8-15-16(10(7-24)17(25)29-18(15)27-26-8)14-5-4-13(28-14)9-2-3-12(20)11(6-9)19(21,22)23/h2-6,16H,25H2,1H3,(H,26,27)/t16-/m0/s1. The number of rotatable bonds is 2. The normalized spacial score (nSPS) is 16.3. The minimum absolute atomic E-state index is 0.111. The molecule has 3 N–H and O–H groups in total. The van der Waals surface area contributed by atoms with Gasteiger partial charge in [-0.25, -0.2) is 0 Å². The molecular formula is C19H12ClF3N4O2. The second-order valence-electron chi connectivity index (χ2n) is 6.39. The number of furan rings is 1. The van der Waals surface area contributed by atoms with Crippen LogP contribution in [0.1, 0.15) is 28.5 Å². The molecule has 4 rings (SSSR count). The molecule has 0 bridgehead atoms. The quantitative estimate of drug-likeness (QED) is 0.616.